The van der Waals surface area contributed by atoms with Crippen LogP contribution in [0, 0.1) is 0 Å². The molecule has 2 unspecified atom stereocenters. The monoisotopic (exact) mass is 572 g/mol. The van der Waals surface area contributed by atoms with E-state index in [0.29, 0.717) is 44.2 Å². The zero-order chi connectivity index (χ0) is 28.4. The van der Waals surface area contributed by atoms with E-state index < -0.39 is 6.17 Å². The third-order valence-corrected chi connectivity index (χ3v) is 10.5. The summed E-state index contributed by atoms with van der Waals surface area (Å²) in [6.07, 6.45) is 5.96. The molecule has 8 rings (SSSR count). The van der Waals surface area contributed by atoms with E-state index in [0.717, 1.165) is 74.4 Å². The number of ether oxygens (including phenoxy) is 1. The Morgan fingerprint density at radius 2 is 1.95 bits per heavy atom. The van der Waals surface area contributed by atoms with E-state index in [2.05, 4.69) is 45.1 Å². The molecule has 0 spiro atoms. The average Bonchev–Trinajstić information content (AvgIpc) is 3.64. The molecule has 5 aliphatic rings. The van der Waals surface area contributed by atoms with Crippen LogP contribution in [0.2, 0.25) is 0 Å². The number of fused-ring (bicyclic) bond motifs is 5. The summed E-state index contributed by atoms with van der Waals surface area (Å²) < 4.78 is 20.9. The first-order chi connectivity index (χ1) is 20.5. The molecule has 0 aliphatic carbocycles. The number of hydrogen-bond acceptors (Lipinski definition) is 8. The molecular formula is C33H41FN6O2. The van der Waals surface area contributed by atoms with Gasteiger partial charge in [0.05, 0.1) is 17.8 Å². The molecule has 0 amide bonds. The van der Waals surface area contributed by atoms with Crippen molar-refractivity contribution >= 4 is 22.3 Å². The number of phenolic OH excluding ortho intramolecular Hbond substituents is 1. The summed E-state index contributed by atoms with van der Waals surface area (Å²) >= 11 is 0. The third-order valence-electron chi connectivity index (χ3n) is 10.5. The van der Waals surface area contributed by atoms with Crippen molar-refractivity contribution in [2.75, 3.05) is 49.1 Å². The van der Waals surface area contributed by atoms with Gasteiger partial charge in [0.25, 0.3) is 0 Å². The fourth-order valence-corrected chi connectivity index (χ4v) is 8.55. The lowest BCUT2D eigenvalue weighted by Gasteiger charge is -2.38. The molecule has 2 aromatic carbocycles. The number of aryl methyl sites for hydroxylation is 1. The smallest absolute Gasteiger partial charge is 0.318 e. The molecule has 2 bridgehead atoms. The Morgan fingerprint density at radius 1 is 1.10 bits per heavy atom. The van der Waals surface area contributed by atoms with Crippen LogP contribution in [0.25, 0.3) is 10.8 Å². The number of rotatable bonds is 6. The molecule has 222 valence electrons. The van der Waals surface area contributed by atoms with Crippen LogP contribution in [0.1, 0.15) is 55.8 Å². The van der Waals surface area contributed by atoms with Crippen LogP contribution in [-0.4, -0.2) is 83.1 Å². The van der Waals surface area contributed by atoms with Gasteiger partial charge in [0.1, 0.15) is 24.3 Å². The summed E-state index contributed by atoms with van der Waals surface area (Å²) in [6.45, 7) is 7.41. The molecule has 6 heterocycles. The predicted octanol–water partition coefficient (Wildman–Crippen LogP) is 4.36. The highest BCUT2D eigenvalue weighted by Crippen LogP contribution is 2.41. The summed E-state index contributed by atoms with van der Waals surface area (Å²) in [4.78, 5) is 17.2. The molecule has 9 heteroatoms. The molecular weight excluding hydrogens is 531 g/mol. The number of nitrogens with one attached hydrogen (secondary N) is 1. The summed E-state index contributed by atoms with van der Waals surface area (Å²) in [5, 5.41) is 16.7. The number of aromatic nitrogens is 2. The normalized spacial score (nSPS) is 28.9. The average molecular weight is 573 g/mol. The number of phenols is 1. The number of anilines is 2. The maximum absolute atomic E-state index is 14.5. The minimum atomic E-state index is -0.788. The SMILES string of the molecule is CCc1cccc2cc(O)cc(N3CCc4c(nc(OC[C@@]56CCCN5C[C@H](F)C6)nc4N4CC5CCC(C4)N5)C3)c12. The van der Waals surface area contributed by atoms with Gasteiger partial charge >= 0.3 is 6.01 Å². The van der Waals surface area contributed by atoms with Crippen molar-refractivity contribution in [3.63, 3.8) is 0 Å². The van der Waals surface area contributed by atoms with Crippen molar-refractivity contribution in [3.05, 3.63) is 47.2 Å². The van der Waals surface area contributed by atoms with E-state index in [9.17, 15) is 9.50 Å². The molecule has 0 radical (unpaired) electrons. The van der Waals surface area contributed by atoms with Crippen LogP contribution < -0.4 is 19.9 Å². The fourth-order valence-electron chi connectivity index (χ4n) is 8.55. The van der Waals surface area contributed by atoms with Crippen LogP contribution in [0.5, 0.6) is 11.8 Å². The van der Waals surface area contributed by atoms with Gasteiger partial charge in [0.15, 0.2) is 0 Å². The summed E-state index contributed by atoms with van der Waals surface area (Å²) in [7, 11) is 0. The Hall–Kier alpha value is -3.17. The van der Waals surface area contributed by atoms with E-state index in [-0.39, 0.29) is 11.3 Å². The molecule has 0 saturated carbocycles. The molecule has 2 N–H and O–H groups in total. The molecule has 8 nitrogen and oxygen atoms in total. The Labute approximate surface area is 246 Å². The highest BCUT2D eigenvalue weighted by atomic mass is 19.1. The first kappa shape index (κ1) is 26.5. The zero-order valence-electron chi connectivity index (χ0n) is 24.5. The van der Waals surface area contributed by atoms with Gasteiger partial charge < -0.3 is 25.0 Å². The second-order valence-corrected chi connectivity index (χ2v) is 13.2. The van der Waals surface area contributed by atoms with Gasteiger partial charge in [-0.3, -0.25) is 4.90 Å². The van der Waals surface area contributed by atoms with Crippen molar-refractivity contribution in [1.29, 1.82) is 0 Å². The molecule has 5 aliphatic heterocycles. The number of aromatic hydroxyl groups is 1. The van der Waals surface area contributed by atoms with Crippen LogP contribution in [0.15, 0.2) is 30.3 Å². The zero-order valence-corrected chi connectivity index (χ0v) is 24.5. The lowest BCUT2D eigenvalue weighted by Crippen LogP contribution is -2.52. The van der Waals surface area contributed by atoms with Gasteiger partial charge in [-0.05, 0) is 62.1 Å². The van der Waals surface area contributed by atoms with E-state index in [1.807, 2.05) is 12.1 Å². The second kappa shape index (κ2) is 10.2. The largest absolute Gasteiger partial charge is 0.508 e. The number of halogens is 1. The predicted molar refractivity (Wildman–Crippen MR) is 162 cm³/mol. The minimum Gasteiger partial charge on any atom is -0.508 e. The summed E-state index contributed by atoms with van der Waals surface area (Å²) in [5.74, 6) is 1.29. The number of nitrogens with zero attached hydrogens (tertiary/aromatic N) is 5. The van der Waals surface area contributed by atoms with Gasteiger partial charge in [-0.2, -0.15) is 9.97 Å². The van der Waals surface area contributed by atoms with Crippen LogP contribution in [0.4, 0.5) is 15.9 Å². The molecule has 3 aromatic rings. The van der Waals surface area contributed by atoms with E-state index >= 15 is 0 Å². The highest BCUT2D eigenvalue weighted by Gasteiger charge is 2.49. The van der Waals surface area contributed by atoms with E-state index in [1.54, 1.807) is 0 Å². The van der Waals surface area contributed by atoms with Gasteiger partial charge in [0, 0.05) is 67.4 Å². The first-order valence-electron chi connectivity index (χ1n) is 15.9. The van der Waals surface area contributed by atoms with Crippen molar-refractivity contribution in [2.45, 2.75) is 82.2 Å². The maximum Gasteiger partial charge on any atom is 0.318 e. The fraction of sp³-hybridized carbons (Fsp3) is 0.576. The van der Waals surface area contributed by atoms with Crippen LogP contribution in [0.3, 0.4) is 0 Å². The number of benzene rings is 2. The lowest BCUT2D eigenvalue weighted by molar-refractivity contribution is 0.107. The van der Waals surface area contributed by atoms with Crippen molar-refractivity contribution in [1.82, 2.24) is 20.2 Å². The third kappa shape index (κ3) is 4.47. The maximum atomic E-state index is 14.5. The second-order valence-electron chi connectivity index (χ2n) is 13.2. The Bertz CT molecular complexity index is 1510. The number of alkyl halides is 1. The highest BCUT2D eigenvalue weighted by molar-refractivity contribution is 5.98. The van der Waals surface area contributed by atoms with Crippen LogP contribution in [-0.2, 0) is 19.4 Å². The molecule has 4 saturated heterocycles. The number of piperazine rings is 1. The first-order valence-corrected chi connectivity index (χ1v) is 15.9. The van der Waals surface area contributed by atoms with E-state index in [1.165, 1.54) is 29.4 Å². The minimum absolute atomic E-state index is 0.240. The van der Waals surface area contributed by atoms with Crippen molar-refractivity contribution < 1.29 is 14.2 Å². The lowest BCUT2D eigenvalue weighted by atomic mass is 9.95. The van der Waals surface area contributed by atoms with Gasteiger partial charge in [0.2, 0.25) is 0 Å². The summed E-state index contributed by atoms with van der Waals surface area (Å²) in [5.41, 5.74) is 4.30. The molecule has 1 aromatic heterocycles. The Morgan fingerprint density at radius 3 is 2.79 bits per heavy atom. The van der Waals surface area contributed by atoms with Crippen molar-refractivity contribution in [3.8, 4) is 11.8 Å². The molecule has 42 heavy (non-hydrogen) atoms. The van der Waals surface area contributed by atoms with E-state index in [4.69, 9.17) is 14.7 Å². The van der Waals surface area contributed by atoms with Gasteiger partial charge in [-0.25, -0.2) is 4.39 Å². The van der Waals surface area contributed by atoms with Crippen molar-refractivity contribution in [2.24, 2.45) is 0 Å². The standard InChI is InChI=1S/C33H41FN6O2/c1-2-21-5-3-6-22-13-26(41)14-29(30(21)22)38-12-9-27-28(19-38)36-32(37-31(27)39-17-24-7-8-25(18-39)35-24)42-20-33-10-4-11-40(33)16-23(34)15-33/h3,5-6,13-14,23-25,35,41H,2,4,7-12,15-20H2,1H3/t23-,24?,25?,33+/m1/s1. The topological polar surface area (TPSA) is 77.0 Å². The summed E-state index contributed by atoms with van der Waals surface area (Å²) in [6, 6.07) is 11.5. The van der Waals surface area contributed by atoms with Gasteiger partial charge in [-0.15, -0.1) is 0 Å². The van der Waals surface area contributed by atoms with Crippen LogP contribution >= 0.6 is 0 Å². The molecule has 4 fully saturated rings. The Kier molecular flexibility index (Phi) is 6.44. The molecule has 4 atom stereocenters. The Balaban J connectivity index is 1.15. The number of hydrogen-bond donors (Lipinski definition) is 2. The quantitative estimate of drug-likeness (QED) is 0.452. The van der Waals surface area contributed by atoms with Gasteiger partial charge in [-0.1, -0.05) is 25.1 Å².